The fourth-order valence-electron chi connectivity index (χ4n) is 2.20. The molecule has 0 saturated heterocycles. The zero-order valence-electron chi connectivity index (χ0n) is 9.96. The van der Waals surface area contributed by atoms with Crippen LogP contribution in [-0.2, 0) is 6.54 Å². The third-order valence-electron chi connectivity index (χ3n) is 3.41. The van der Waals surface area contributed by atoms with Gasteiger partial charge in [0, 0.05) is 29.8 Å². The Bertz CT molecular complexity index is 361. The molecule has 0 unspecified atom stereocenters. The van der Waals surface area contributed by atoms with Crippen LogP contribution in [0.2, 0.25) is 0 Å². The summed E-state index contributed by atoms with van der Waals surface area (Å²) >= 11 is 3.54. The Hall–Kier alpha value is -0.540. The second-order valence-electron chi connectivity index (χ2n) is 4.50. The normalized spacial score (nSPS) is 15.9. The Balaban J connectivity index is 2.23. The lowest BCUT2D eigenvalue weighted by molar-refractivity contribution is 0.400. The molecule has 1 fully saturated rings. The minimum absolute atomic E-state index is 0.747. The molecule has 0 amide bonds. The Labute approximate surface area is 106 Å². The molecule has 1 aromatic carbocycles. The van der Waals surface area contributed by atoms with E-state index < -0.39 is 0 Å². The Morgan fingerprint density at radius 1 is 1.44 bits per heavy atom. The first-order chi connectivity index (χ1) is 7.72. The number of hydrogen-bond acceptors (Lipinski definition) is 2. The summed E-state index contributed by atoms with van der Waals surface area (Å²) < 4.78 is 1.16. The third kappa shape index (κ3) is 2.41. The lowest BCUT2D eigenvalue weighted by Gasteiger charge is -2.37. The standard InChI is InChI=1S/C13H19BrN2/c1-15-9-10-8-11(14)6-7-13(10)16(2)12-4-3-5-12/h6-8,12,15H,3-5,9H2,1-2H3. The monoisotopic (exact) mass is 282 g/mol. The molecule has 1 aromatic rings. The van der Waals surface area contributed by atoms with Crippen molar-refractivity contribution >= 4 is 21.6 Å². The van der Waals surface area contributed by atoms with Gasteiger partial charge < -0.3 is 10.2 Å². The van der Waals surface area contributed by atoms with E-state index in [2.05, 4.69) is 51.4 Å². The number of rotatable bonds is 4. The molecule has 16 heavy (non-hydrogen) atoms. The highest BCUT2D eigenvalue weighted by molar-refractivity contribution is 9.10. The van der Waals surface area contributed by atoms with Gasteiger partial charge in [0.15, 0.2) is 0 Å². The van der Waals surface area contributed by atoms with Crippen LogP contribution in [0.15, 0.2) is 22.7 Å². The summed E-state index contributed by atoms with van der Waals surface area (Å²) in [6.45, 7) is 0.922. The van der Waals surface area contributed by atoms with Crippen molar-refractivity contribution in [3.8, 4) is 0 Å². The molecule has 0 heterocycles. The lowest BCUT2D eigenvalue weighted by Crippen LogP contribution is -2.37. The van der Waals surface area contributed by atoms with Crippen LogP contribution >= 0.6 is 15.9 Å². The van der Waals surface area contributed by atoms with Gasteiger partial charge in [0.1, 0.15) is 0 Å². The van der Waals surface area contributed by atoms with E-state index in [9.17, 15) is 0 Å². The fourth-order valence-corrected chi connectivity index (χ4v) is 2.61. The number of benzene rings is 1. The Morgan fingerprint density at radius 3 is 2.75 bits per heavy atom. The van der Waals surface area contributed by atoms with Crippen molar-refractivity contribution in [3.63, 3.8) is 0 Å². The number of anilines is 1. The number of nitrogens with one attached hydrogen (secondary N) is 1. The maximum absolute atomic E-state index is 3.54. The van der Waals surface area contributed by atoms with Crippen molar-refractivity contribution in [1.82, 2.24) is 5.32 Å². The van der Waals surface area contributed by atoms with Crippen LogP contribution in [0.1, 0.15) is 24.8 Å². The van der Waals surface area contributed by atoms with Crippen LogP contribution < -0.4 is 10.2 Å². The first-order valence-corrected chi connectivity index (χ1v) is 6.67. The molecule has 2 nitrogen and oxygen atoms in total. The molecule has 0 spiro atoms. The first-order valence-electron chi connectivity index (χ1n) is 5.88. The predicted octanol–water partition coefficient (Wildman–Crippen LogP) is 3.16. The van der Waals surface area contributed by atoms with Crippen LogP contribution in [0.5, 0.6) is 0 Å². The molecule has 0 aromatic heterocycles. The number of nitrogens with zero attached hydrogens (tertiary/aromatic N) is 1. The minimum atomic E-state index is 0.747. The first kappa shape index (κ1) is 11.9. The van der Waals surface area contributed by atoms with Crippen molar-refractivity contribution in [2.45, 2.75) is 31.8 Å². The summed E-state index contributed by atoms with van der Waals surface area (Å²) in [5.74, 6) is 0. The summed E-state index contributed by atoms with van der Waals surface area (Å²) in [5, 5.41) is 3.23. The zero-order chi connectivity index (χ0) is 11.5. The second-order valence-corrected chi connectivity index (χ2v) is 5.41. The van der Waals surface area contributed by atoms with Crippen molar-refractivity contribution in [2.24, 2.45) is 0 Å². The van der Waals surface area contributed by atoms with E-state index in [4.69, 9.17) is 0 Å². The van der Waals surface area contributed by atoms with Gasteiger partial charge in [-0.3, -0.25) is 0 Å². The molecule has 0 aliphatic heterocycles. The third-order valence-corrected chi connectivity index (χ3v) is 3.90. The molecule has 1 saturated carbocycles. The van der Waals surface area contributed by atoms with Crippen LogP contribution in [0, 0.1) is 0 Å². The minimum Gasteiger partial charge on any atom is -0.371 e. The highest BCUT2D eigenvalue weighted by Gasteiger charge is 2.23. The van der Waals surface area contributed by atoms with Gasteiger partial charge >= 0.3 is 0 Å². The van der Waals surface area contributed by atoms with E-state index >= 15 is 0 Å². The van der Waals surface area contributed by atoms with Crippen LogP contribution in [0.4, 0.5) is 5.69 Å². The van der Waals surface area contributed by atoms with E-state index in [0.29, 0.717) is 0 Å². The fraction of sp³-hybridized carbons (Fsp3) is 0.538. The van der Waals surface area contributed by atoms with Crippen LogP contribution in [-0.4, -0.2) is 20.1 Å². The maximum atomic E-state index is 3.54. The van der Waals surface area contributed by atoms with Crippen LogP contribution in [0.25, 0.3) is 0 Å². The molecule has 0 bridgehead atoms. The van der Waals surface area contributed by atoms with E-state index in [1.165, 1.54) is 30.5 Å². The lowest BCUT2D eigenvalue weighted by atomic mass is 9.91. The largest absolute Gasteiger partial charge is 0.371 e. The van der Waals surface area contributed by atoms with Gasteiger partial charge in [-0.05, 0) is 50.1 Å². The molecule has 88 valence electrons. The quantitative estimate of drug-likeness (QED) is 0.913. The number of hydrogen-bond donors (Lipinski definition) is 1. The molecular formula is C13H19BrN2. The van der Waals surface area contributed by atoms with Gasteiger partial charge in [-0.25, -0.2) is 0 Å². The zero-order valence-corrected chi connectivity index (χ0v) is 11.5. The summed E-state index contributed by atoms with van der Waals surface area (Å²) in [6, 6.07) is 7.30. The second kappa shape index (κ2) is 5.19. The van der Waals surface area contributed by atoms with Gasteiger partial charge in [0.05, 0.1) is 0 Å². The molecule has 1 aliphatic carbocycles. The molecule has 3 heteroatoms. The van der Waals surface area contributed by atoms with E-state index in [1.807, 2.05) is 7.05 Å². The average molecular weight is 283 g/mol. The summed E-state index contributed by atoms with van der Waals surface area (Å²) in [4.78, 5) is 2.43. The molecule has 1 aliphatic rings. The Morgan fingerprint density at radius 2 is 2.19 bits per heavy atom. The van der Waals surface area contributed by atoms with Crippen molar-refractivity contribution in [3.05, 3.63) is 28.2 Å². The van der Waals surface area contributed by atoms with Crippen molar-refractivity contribution in [1.29, 1.82) is 0 Å². The van der Waals surface area contributed by atoms with E-state index in [-0.39, 0.29) is 0 Å². The molecule has 1 N–H and O–H groups in total. The van der Waals surface area contributed by atoms with Gasteiger partial charge in [-0.2, -0.15) is 0 Å². The van der Waals surface area contributed by atoms with E-state index in [1.54, 1.807) is 0 Å². The van der Waals surface area contributed by atoms with Gasteiger partial charge in [0.25, 0.3) is 0 Å². The molecule has 2 rings (SSSR count). The van der Waals surface area contributed by atoms with Gasteiger partial charge in [0.2, 0.25) is 0 Å². The van der Waals surface area contributed by atoms with Crippen molar-refractivity contribution < 1.29 is 0 Å². The smallest absolute Gasteiger partial charge is 0.0412 e. The summed E-state index contributed by atoms with van der Waals surface area (Å²) in [7, 11) is 4.21. The molecule has 0 atom stereocenters. The highest BCUT2D eigenvalue weighted by Crippen LogP contribution is 2.31. The summed E-state index contributed by atoms with van der Waals surface area (Å²) in [6.07, 6.45) is 4.06. The van der Waals surface area contributed by atoms with Gasteiger partial charge in [-0.15, -0.1) is 0 Å². The molecule has 0 radical (unpaired) electrons. The SMILES string of the molecule is CNCc1cc(Br)ccc1N(C)C1CCC1. The Kier molecular flexibility index (Phi) is 3.87. The highest BCUT2D eigenvalue weighted by atomic mass is 79.9. The summed E-state index contributed by atoms with van der Waals surface area (Å²) in [5.41, 5.74) is 2.73. The van der Waals surface area contributed by atoms with Crippen LogP contribution in [0.3, 0.4) is 0 Å². The van der Waals surface area contributed by atoms with E-state index in [0.717, 1.165) is 17.1 Å². The molecular weight excluding hydrogens is 264 g/mol. The topological polar surface area (TPSA) is 15.3 Å². The number of halogens is 1. The average Bonchev–Trinajstić information content (AvgIpc) is 2.15. The predicted molar refractivity (Wildman–Crippen MR) is 72.9 cm³/mol. The van der Waals surface area contributed by atoms with Crippen molar-refractivity contribution in [2.75, 3.05) is 19.0 Å². The maximum Gasteiger partial charge on any atom is 0.0412 e. The van der Waals surface area contributed by atoms with Gasteiger partial charge in [-0.1, -0.05) is 15.9 Å².